The molecule has 0 amide bonds. The maximum absolute atomic E-state index is 5.69. The molecule has 0 aromatic heterocycles. The van der Waals surface area contributed by atoms with Gasteiger partial charge in [0, 0.05) is 0 Å². The average Bonchev–Trinajstić information content (AvgIpc) is 3.01. The minimum absolute atomic E-state index is 0.684. The molecule has 76 valence electrons. The van der Waals surface area contributed by atoms with E-state index in [4.69, 9.17) is 9.47 Å². The van der Waals surface area contributed by atoms with Gasteiger partial charge in [-0.05, 0) is 37.8 Å². The lowest BCUT2D eigenvalue weighted by molar-refractivity contribution is 0.267. The van der Waals surface area contributed by atoms with Crippen LogP contribution in [0, 0.1) is 5.92 Å². The van der Waals surface area contributed by atoms with Crippen LogP contribution in [0.15, 0.2) is 24.3 Å². The van der Waals surface area contributed by atoms with Gasteiger partial charge in [-0.1, -0.05) is 12.1 Å². The Labute approximate surface area is 84.8 Å². The van der Waals surface area contributed by atoms with E-state index < -0.39 is 0 Å². The molecule has 0 atom stereocenters. The molecule has 1 fully saturated rings. The molecule has 2 rings (SSSR count). The quantitative estimate of drug-likeness (QED) is 0.714. The average molecular weight is 192 g/mol. The third-order valence-corrected chi connectivity index (χ3v) is 2.32. The van der Waals surface area contributed by atoms with Crippen LogP contribution < -0.4 is 9.47 Å². The summed E-state index contributed by atoms with van der Waals surface area (Å²) in [4.78, 5) is 0. The minimum atomic E-state index is 0.684. The lowest BCUT2D eigenvalue weighted by atomic mass is 10.3. The van der Waals surface area contributed by atoms with Gasteiger partial charge in [0.05, 0.1) is 13.2 Å². The van der Waals surface area contributed by atoms with E-state index >= 15 is 0 Å². The van der Waals surface area contributed by atoms with Crippen molar-refractivity contribution in [2.75, 3.05) is 13.2 Å². The van der Waals surface area contributed by atoms with E-state index in [2.05, 4.69) is 0 Å². The Bertz CT molecular complexity index is 292. The van der Waals surface area contributed by atoms with E-state index in [9.17, 15) is 0 Å². The van der Waals surface area contributed by atoms with Gasteiger partial charge in [-0.3, -0.25) is 0 Å². The van der Waals surface area contributed by atoms with Gasteiger partial charge in [-0.15, -0.1) is 0 Å². The second kappa shape index (κ2) is 4.36. The molecule has 2 nitrogen and oxygen atoms in total. The normalized spacial score (nSPS) is 15.2. The molecule has 1 aromatic carbocycles. The topological polar surface area (TPSA) is 18.5 Å². The largest absolute Gasteiger partial charge is 0.490 e. The Kier molecular flexibility index (Phi) is 2.92. The summed E-state index contributed by atoms with van der Waals surface area (Å²) in [6, 6.07) is 7.86. The lowest BCUT2D eigenvalue weighted by Gasteiger charge is -2.10. The Hall–Kier alpha value is -1.18. The summed E-state index contributed by atoms with van der Waals surface area (Å²) in [6.45, 7) is 3.51. The van der Waals surface area contributed by atoms with Crippen LogP contribution in [0.1, 0.15) is 19.8 Å². The van der Waals surface area contributed by atoms with Gasteiger partial charge in [0.1, 0.15) is 0 Å². The number of para-hydroxylation sites is 2. The highest BCUT2D eigenvalue weighted by molar-refractivity contribution is 5.39. The van der Waals surface area contributed by atoms with E-state index in [-0.39, 0.29) is 0 Å². The first kappa shape index (κ1) is 9.38. The van der Waals surface area contributed by atoms with Crippen LogP contribution in [0.25, 0.3) is 0 Å². The lowest BCUT2D eigenvalue weighted by Crippen LogP contribution is -2.01. The molecule has 2 heteroatoms. The Morgan fingerprint density at radius 2 is 1.79 bits per heavy atom. The van der Waals surface area contributed by atoms with Crippen LogP contribution in [0.2, 0.25) is 0 Å². The van der Waals surface area contributed by atoms with Crippen LogP contribution in [-0.4, -0.2) is 13.2 Å². The van der Waals surface area contributed by atoms with Crippen molar-refractivity contribution in [2.24, 2.45) is 5.92 Å². The van der Waals surface area contributed by atoms with Gasteiger partial charge < -0.3 is 9.47 Å². The highest BCUT2D eigenvalue weighted by Gasteiger charge is 2.22. The predicted octanol–water partition coefficient (Wildman–Crippen LogP) is 2.87. The number of rotatable bonds is 5. The van der Waals surface area contributed by atoms with Crippen LogP contribution >= 0.6 is 0 Å². The number of hydrogen-bond acceptors (Lipinski definition) is 2. The zero-order chi connectivity index (χ0) is 9.80. The first-order valence-corrected chi connectivity index (χ1v) is 5.24. The maximum atomic E-state index is 5.69. The Balaban J connectivity index is 1.97. The molecule has 0 aliphatic heterocycles. The fourth-order valence-electron chi connectivity index (χ4n) is 1.34. The fraction of sp³-hybridized carbons (Fsp3) is 0.500. The summed E-state index contributed by atoms with van der Waals surface area (Å²) in [5.41, 5.74) is 0. The second-order valence-electron chi connectivity index (χ2n) is 3.63. The zero-order valence-corrected chi connectivity index (χ0v) is 8.53. The van der Waals surface area contributed by atoms with Crippen molar-refractivity contribution < 1.29 is 9.47 Å². The first-order valence-electron chi connectivity index (χ1n) is 5.24. The molecule has 0 spiro atoms. The first-order chi connectivity index (χ1) is 6.90. The molecule has 0 N–H and O–H groups in total. The molecule has 14 heavy (non-hydrogen) atoms. The summed E-state index contributed by atoms with van der Waals surface area (Å²) in [5, 5.41) is 0. The number of ether oxygens (including phenoxy) is 2. The number of benzene rings is 1. The molecular formula is C12H16O2. The molecule has 0 radical (unpaired) electrons. The molecule has 1 aliphatic carbocycles. The molecule has 0 saturated heterocycles. The highest BCUT2D eigenvalue weighted by Crippen LogP contribution is 2.32. The van der Waals surface area contributed by atoms with Crippen molar-refractivity contribution in [3.05, 3.63) is 24.3 Å². The Morgan fingerprint density at radius 3 is 2.36 bits per heavy atom. The summed E-state index contributed by atoms with van der Waals surface area (Å²) < 4.78 is 11.2. The van der Waals surface area contributed by atoms with Gasteiger partial charge in [-0.25, -0.2) is 0 Å². The van der Waals surface area contributed by atoms with Gasteiger partial charge in [0.2, 0.25) is 0 Å². The Morgan fingerprint density at radius 1 is 1.14 bits per heavy atom. The SMILES string of the molecule is CCOc1ccccc1OCC1CC1. The smallest absolute Gasteiger partial charge is 0.161 e. The summed E-state index contributed by atoms with van der Waals surface area (Å²) in [6.07, 6.45) is 2.63. The minimum Gasteiger partial charge on any atom is -0.490 e. The summed E-state index contributed by atoms with van der Waals surface area (Å²) in [5.74, 6) is 2.52. The zero-order valence-electron chi connectivity index (χ0n) is 8.53. The van der Waals surface area contributed by atoms with Crippen molar-refractivity contribution in [1.82, 2.24) is 0 Å². The van der Waals surface area contributed by atoms with E-state index in [1.165, 1.54) is 12.8 Å². The third-order valence-electron chi connectivity index (χ3n) is 2.32. The van der Waals surface area contributed by atoms with E-state index in [0.717, 1.165) is 24.0 Å². The van der Waals surface area contributed by atoms with Crippen molar-refractivity contribution in [3.8, 4) is 11.5 Å². The predicted molar refractivity (Wildman–Crippen MR) is 55.8 cm³/mol. The molecule has 0 bridgehead atoms. The molecule has 1 aromatic rings. The molecule has 1 aliphatic rings. The van der Waals surface area contributed by atoms with Gasteiger partial charge >= 0.3 is 0 Å². The van der Waals surface area contributed by atoms with Crippen molar-refractivity contribution in [2.45, 2.75) is 19.8 Å². The molecular weight excluding hydrogens is 176 g/mol. The molecule has 1 saturated carbocycles. The van der Waals surface area contributed by atoms with Gasteiger partial charge in [-0.2, -0.15) is 0 Å². The summed E-state index contributed by atoms with van der Waals surface area (Å²) in [7, 11) is 0. The van der Waals surface area contributed by atoms with Crippen LogP contribution in [0.3, 0.4) is 0 Å². The standard InChI is InChI=1S/C12H16O2/c1-2-13-11-5-3-4-6-12(11)14-9-10-7-8-10/h3-6,10H,2,7-9H2,1H3. The number of hydrogen-bond donors (Lipinski definition) is 0. The monoisotopic (exact) mass is 192 g/mol. The van der Waals surface area contributed by atoms with Crippen molar-refractivity contribution in [3.63, 3.8) is 0 Å². The molecule has 0 heterocycles. The van der Waals surface area contributed by atoms with E-state index in [1.54, 1.807) is 0 Å². The summed E-state index contributed by atoms with van der Waals surface area (Å²) >= 11 is 0. The van der Waals surface area contributed by atoms with Crippen LogP contribution in [-0.2, 0) is 0 Å². The second-order valence-corrected chi connectivity index (χ2v) is 3.63. The van der Waals surface area contributed by atoms with Crippen molar-refractivity contribution in [1.29, 1.82) is 0 Å². The van der Waals surface area contributed by atoms with Gasteiger partial charge in [0.15, 0.2) is 11.5 Å². The van der Waals surface area contributed by atoms with Gasteiger partial charge in [0.25, 0.3) is 0 Å². The highest BCUT2D eigenvalue weighted by atomic mass is 16.5. The third kappa shape index (κ3) is 2.41. The van der Waals surface area contributed by atoms with Crippen LogP contribution in [0.5, 0.6) is 11.5 Å². The maximum Gasteiger partial charge on any atom is 0.161 e. The van der Waals surface area contributed by atoms with E-state index in [0.29, 0.717) is 6.61 Å². The molecule has 0 unspecified atom stereocenters. The van der Waals surface area contributed by atoms with Crippen molar-refractivity contribution >= 4 is 0 Å². The fourth-order valence-corrected chi connectivity index (χ4v) is 1.34. The van der Waals surface area contributed by atoms with E-state index in [1.807, 2.05) is 31.2 Å². The van der Waals surface area contributed by atoms with Crippen LogP contribution in [0.4, 0.5) is 0 Å².